The van der Waals surface area contributed by atoms with Crippen molar-refractivity contribution in [2.24, 2.45) is 0 Å². The van der Waals surface area contributed by atoms with Crippen molar-refractivity contribution in [2.45, 2.75) is 32.1 Å². The van der Waals surface area contributed by atoms with E-state index in [9.17, 15) is 4.79 Å². The summed E-state index contributed by atoms with van der Waals surface area (Å²) >= 11 is 5.99. The fourth-order valence-electron chi connectivity index (χ4n) is 5.33. The van der Waals surface area contributed by atoms with E-state index in [1.54, 1.807) is 0 Å². The zero-order chi connectivity index (χ0) is 25.6. The molecule has 1 amide bonds. The van der Waals surface area contributed by atoms with Crippen LogP contribution in [0.15, 0.2) is 72.3 Å². The molecular weight excluding hydrogens is 478 g/mol. The number of anilines is 1. The Kier molecular flexibility index (Phi) is 8.40. The second-order valence-electron chi connectivity index (χ2n) is 10.4. The van der Waals surface area contributed by atoms with Crippen LogP contribution in [0, 0.1) is 0 Å². The lowest BCUT2D eigenvalue weighted by atomic mass is 9.91. The monoisotopic (exact) mass is 513 g/mol. The second kappa shape index (κ2) is 12.1. The number of likely N-dealkylation sites (tertiary alicyclic amines) is 1. The number of rotatable bonds is 8. The average Bonchev–Trinajstić information content (AvgIpc) is 2.93. The van der Waals surface area contributed by atoms with Crippen LogP contribution in [0.2, 0.25) is 5.02 Å². The molecule has 0 aromatic heterocycles. The molecule has 2 aliphatic rings. The van der Waals surface area contributed by atoms with Crippen LogP contribution in [0.1, 0.15) is 47.2 Å². The number of benzene rings is 3. The quantitative estimate of drug-likeness (QED) is 0.352. The minimum Gasteiger partial charge on any atom is -0.322 e. The maximum Gasteiger partial charge on any atom is 0.255 e. The molecule has 1 fully saturated rings. The molecule has 3 aromatic rings. The van der Waals surface area contributed by atoms with Gasteiger partial charge in [-0.05, 0) is 104 Å². The molecule has 1 aliphatic heterocycles. The van der Waals surface area contributed by atoms with Crippen LogP contribution in [-0.2, 0) is 6.42 Å². The molecule has 0 atom stereocenters. The number of hydrogen-bond acceptors (Lipinski definition) is 3. The van der Waals surface area contributed by atoms with Gasteiger partial charge in [-0.15, -0.1) is 0 Å². The maximum atomic E-state index is 12.9. The Balaban J connectivity index is 1.16. The van der Waals surface area contributed by atoms with Crippen molar-refractivity contribution in [2.75, 3.05) is 45.1 Å². The zero-order valence-corrected chi connectivity index (χ0v) is 22.4. The fraction of sp³-hybridized carbons (Fsp3) is 0.344. The molecule has 4 nitrogen and oxygen atoms in total. The third-order valence-electron chi connectivity index (χ3n) is 7.52. The molecule has 1 N–H and O–H groups in total. The van der Waals surface area contributed by atoms with E-state index in [2.05, 4.69) is 40.4 Å². The molecule has 1 aliphatic carbocycles. The van der Waals surface area contributed by atoms with Crippen LogP contribution in [0.3, 0.4) is 0 Å². The minimum atomic E-state index is -0.0926. The summed E-state index contributed by atoms with van der Waals surface area (Å²) in [6.45, 7) is 5.84. The molecule has 5 heteroatoms. The minimum absolute atomic E-state index is 0.0926. The molecule has 37 heavy (non-hydrogen) atoms. The van der Waals surface area contributed by atoms with Crippen molar-refractivity contribution in [3.63, 3.8) is 0 Å². The molecule has 0 unspecified atom stereocenters. The Bertz CT molecular complexity index is 1240. The average molecular weight is 514 g/mol. The zero-order valence-electron chi connectivity index (χ0n) is 21.7. The summed E-state index contributed by atoms with van der Waals surface area (Å²) in [5.41, 5.74) is 7.69. The molecular formula is C32H36ClN3O. The predicted octanol–water partition coefficient (Wildman–Crippen LogP) is 7.01. The Hall–Kier alpha value is -2.92. The number of nitrogens with one attached hydrogen (secondary N) is 1. The first-order valence-corrected chi connectivity index (χ1v) is 13.8. The number of carbonyl (C=O) groups excluding carboxylic acids is 1. The van der Waals surface area contributed by atoms with Gasteiger partial charge in [0.15, 0.2) is 0 Å². The van der Waals surface area contributed by atoms with E-state index in [0.29, 0.717) is 10.6 Å². The number of nitrogens with zero attached hydrogens (tertiary/aromatic N) is 2. The topological polar surface area (TPSA) is 35.6 Å². The fourth-order valence-corrected chi connectivity index (χ4v) is 5.46. The Morgan fingerprint density at radius 3 is 2.35 bits per heavy atom. The van der Waals surface area contributed by atoms with Crippen LogP contribution in [0.25, 0.3) is 17.2 Å². The highest BCUT2D eigenvalue weighted by Gasteiger charge is 2.15. The summed E-state index contributed by atoms with van der Waals surface area (Å²) in [5.74, 6) is -0.0926. The first kappa shape index (κ1) is 25.7. The van der Waals surface area contributed by atoms with Gasteiger partial charge in [-0.1, -0.05) is 60.0 Å². The van der Waals surface area contributed by atoms with Gasteiger partial charge in [0, 0.05) is 35.9 Å². The smallest absolute Gasteiger partial charge is 0.255 e. The van der Waals surface area contributed by atoms with Crippen LogP contribution in [0.5, 0.6) is 0 Å². The van der Waals surface area contributed by atoms with Crippen molar-refractivity contribution in [1.82, 2.24) is 9.80 Å². The van der Waals surface area contributed by atoms with E-state index in [1.165, 1.54) is 55.6 Å². The van der Waals surface area contributed by atoms with E-state index in [4.69, 9.17) is 11.6 Å². The SMILES string of the molecule is CN(CCN1CCCCC1)CC1=Cc2ccc(NC(=O)c3ccc(-c4ccc(Cl)cc4)cc3)cc2CC1. The van der Waals surface area contributed by atoms with E-state index in [-0.39, 0.29) is 5.91 Å². The van der Waals surface area contributed by atoms with Crippen LogP contribution >= 0.6 is 11.6 Å². The lowest BCUT2D eigenvalue weighted by Gasteiger charge is -2.29. The number of piperidine rings is 1. The van der Waals surface area contributed by atoms with Crippen LogP contribution < -0.4 is 5.32 Å². The molecule has 192 valence electrons. The molecule has 0 saturated carbocycles. The maximum absolute atomic E-state index is 12.9. The van der Waals surface area contributed by atoms with Crippen molar-refractivity contribution < 1.29 is 4.79 Å². The largest absolute Gasteiger partial charge is 0.322 e. The Morgan fingerprint density at radius 2 is 1.62 bits per heavy atom. The molecule has 5 rings (SSSR count). The molecule has 0 bridgehead atoms. The molecule has 0 radical (unpaired) electrons. The number of likely N-dealkylation sites (N-methyl/N-ethyl adjacent to an activating group) is 1. The van der Waals surface area contributed by atoms with E-state index < -0.39 is 0 Å². The van der Waals surface area contributed by atoms with Gasteiger partial charge in [0.1, 0.15) is 0 Å². The van der Waals surface area contributed by atoms with Gasteiger partial charge in [-0.3, -0.25) is 4.79 Å². The van der Waals surface area contributed by atoms with Gasteiger partial charge in [-0.25, -0.2) is 0 Å². The Labute approximate surface area is 225 Å². The summed E-state index contributed by atoms with van der Waals surface area (Å²) < 4.78 is 0. The lowest BCUT2D eigenvalue weighted by molar-refractivity contribution is 0.102. The highest BCUT2D eigenvalue weighted by Crippen LogP contribution is 2.28. The second-order valence-corrected chi connectivity index (χ2v) is 10.8. The van der Waals surface area contributed by atoms with E-state index in [1.807, 2.05) is 54.6 Å². The van der Waals surface area contributed by atoms with E-state index in [0.717, 1.165) is 42.7 Å². The number of carbonyl (C=O) groups is 1. The number of aryl methyl sites for hydroxylation is 1. The van der Waals surface area contributed by atoms with Crippen molar-refractivity contribution >= 4 is 29.3 Å². The highest BCUT2D eigenvalue weighted by atomic mass is 35.5. The highest BCUT2D eigenvalue weighted by molar-refractivity contribution is 6.30. The van der Waals surface area contributed by atoms with E-state index >= 15 is 0 Å². The summed E-state index contributed by atoms with van der Waals surface area (Å²) in [6, 6.07) is 21.7. The summed E-state index contributed by atoms with van der Waals surface area (Å²) in [5, 5.41) is 3.79. The number of halogens is 1. The lowest BCUT2D eigenvalue weighted by Crippen LogP contribution is -2.37. The molecule has 0 spiro atoms. The third kappa shape index (κ3) is 6.89. The normalized spacial score (nSPS) is 15.8. The standard InChI is InChI=1S/C32H36ClN3O/c1-35(19-20-36-17-3-2-4-18-36)23-24-5-6-29-22-31(16-13-28(29)21-24)34-32(37)27-9-7-25(8-10-27)26-11-14-30(33)15-12-26/h7-16,21-22H,2-6,17-20,23H2,1H3,(H,34,37). The molecule has 1 saturated heterocycles. The van der Waals surface area contributed by atoms with Gasteiger partial charge >= 0.3 is 0 Å². The first-order chi connectivity index (χ1) is 18.0. The summed E-state index contributed by atoms with van der Waals surface area (Å²) in [7, 11) is 2.24. The van der Waals surface area contributed by atoms with Crippen molar-refractivity contribution in [3.8, 4) is 11.1 Å². The third-order valence-corrected chi connectivity index (χ3v) is 7.77. The number of hydrogen-bond donors (Lipinski definition) is 1. The Morgan fingerprint density at radius 1 is 0.919 bits per heavy atom. The van der Waals surface area contributed by atoms with Gasteiger partial charge in [0.2, 0.25) is 0 Å². The summed E-state index contributed by atoms with van der Waals surface area (Å²) in [6.07, 6.45) is 8.53. The molecule has 1 heterocycles. The molecule has 3 aromatic carbocycles. The number of fused-ring (bicyclic) bond motifs is 1. The predicted molar refractivity (Wildman–Crippen MR) is 155 cm³/mol. The van der Waals surface area contributed by atoms with Gasteiger partial charge in [0.25, 0.3) is 5.91 Å². The number of amides is 1. The van der Waals surface area contributed by atoms with Gasteiger partial charge < -0.3 is 15.1 Å². The summed E-state index contributed by atoms with van der Waals surface area (Å²) in [4.78, 5) is 17.9. The van der Waals surface area contributed by atoms with Crippen molar-refractivity contribution in [3.05, 3.63) is 94.0 Å². The van der Waals surface area contributed by atoms with Gasteiger partial charge in [0.05, 0.1) is 0 Å². The van der Waals surface area contributed by atoms with Crippen LogP contribution in [0.4, 0.5) is 5.69 Å². The van der Waals surface area contributed by atoms with Crippen molar-refractivity contribution in [1.29, 1.82) is 0 Å². The first-order valence-electron chi connectivity index (χ1n) is 13.4. The van der Waals surface area contributed by atoms with Gasteiger partial charge in [-0.2, -0.15) is 0 Å². The van der Waals surface area contributed by atoms with Crippen LogP contribution in [-0.4, -0.2) is 55.5 Å².